The summed E-state index contributed by atoms with van der Waals surface area (Å²) in [4.78, 5) is 0. The molecule has 36 heavy (non-hydrogen) atoms. The maximum atomic E-state index is 2.37. The zero-order valence-corrected chi connectivity index (χ0v) is 19.9. The highest BCUT2D eigenvalue weighted by Crippen LogP contribution is 2.42. The molecule has 0 unspecified atom stereocenters. The second kappa shape index (κ2) is 8.52. The first-order valence-electron chi connectivity index (χ1n) is 12.4. The Morgan fingerprint density at radius 1 is 0.278 bits per heavy atom. The van der Waals surface area contributed by atoms with Crippen LogP contribution in [-0.4, -0.2) is 0 Å². The van der Waals surface area contributed by atoms with Crippen molar-refractivity contribution in [2.75, 3.05) is 0 Å². The Hall–Kier alpha value is -4.68. The maximum Gasteiger partial charge on any atom is -0.00204 e. The summed E-state index contributed by atoms with van der Waals surface area (Å²) >= 11 is 0. The van der Waals surface area contributed by atoms with Crippen LogP contribution in [0.25, 0.3) is 65.7 Å². The molecule has 0 heterocycles. The van der Waals surface area contributed by atoms with E-state index in [2.05, 4.69) is 146 Å². The standard InChI is InChI=1S/C36H24/c1-3-10-25(11-4-1)28-20-21-33-31(22-28)23-30-19-18-29(26-12-5-2-6-13-26)24-35(30)36(33)34-17-9-15-27-14-7-8-16-32(27)34/h1-24H. The summed E-state index contributed by atoms with van der Waals surface area (Å²) in [5, 5.41) is 7.64. The molecule has 0 saturated heterocycles. The van der Waals surface area contributed by atoms with E-state index in [4.69, 9.17) is 0 Å². The van der Waals surface area contributed by atoms with Crippen LogP contribution in [-0.2, 0) is 0 Å². The van der Waals surface area contributed by atoms with Gasteiger partial charge in [-0.15, -0.1) is 0 Å². The van der Waals surface area contributed by atoms with Gasteiger partial charge >= 0.3 is 0 Å². The van der Waals surface area contributed by atoms with E-state index in [9.17, 15) is 0 Å². The van der Waals surface area contributed by atoms with Gasteiger partial charge in [0.05, 0.1) is 0 Å². The molecule has 0 saturated carbocycles. The number of hydrogen-bond donors (Lipinski definition) is 0. The number of rotatable bonds is 3. The molecule has 7 rings (SSSR count). The molecule has 0 nitrogen and oxygen atoms in total. The maximum absolute atomic E-state index is 2.37. The van der Waals surface area contributed by atoms with E-state index in [0.29, 0.717) is 0 Å². The molecule has 0 aliphatic carbocycles. The lowest BCUT2D eigenvalue weighted by Gasteiger charge is -2.16. The van der Waals surface area contributed by atoms with E-state index >= 15 is 0 Å². The Bertz CT molecular complexity index is 1860. The van der Waals surface area contributed by atoms with E-state index in [0.717, 1.165) is 0 Å². The van der Waals surface area contributed by atoms with Gasteiger partial charge in [-0.25, -0.2) is 0 Å². The largest absolute Gasteiger partial charge is 0.0622 e. The Labute approximate surface area is 211 Å². The van der Waals surface area contributed by atoms with Gasteiger partial charge in [-0.2, -0.15) is 0 Å². The van der Waals surface area contributed by atoms with Crippen LogP contribution in [0.1, 0.15) is 0 Å². The lowest BCUT2D eigenvalue weighted by atomic mass is 9.87. The molecule has 0 heteroatoms. The van der Waals surface area contributed by atoms with Crippen LogP contribution < -0.4 is 0 Å². The molecular weight excluding hydrogens is 432 g/mol. The highest BCUT2D eigenvalue weighted by Gasteiger charge is 2.14. The van der Waals surface area contributed by atoms with Crippen molar-refractivity contribution in [3.63, 3.8) is 0 Å². The molecule has 0 N–H and O–H groups in total. The number of hydrogen-bond acceptors (Lipinski definition) is 0. The lowest BCUT2D eigenvalue weighted by molar-refractivity contribution is 1.63. The van der Waals surface area contributed by atoms with Crippen molar-refractivity contribution >= 4 is 32.3 Å². The van der Waals surface area contributed by atoms with Crippen LogP contribution in [0.5, 0.6) is 0 Å². The molecule has 0 radical (unpaired) electrons. The quantitative estimate of drug-likeness (QED) is 0.232. The average molecular weight is 457 g/mol. The van der Waals surface area contributed by atoms with Crippen molar-refractivity contribution in [3.8, 4) is 33.4 Å². The minimum Gasteiger partial charge on any atom is -0.0622 e. The van der Waals surface area contributed by atoms with Gasteiger partial charge < -0.3 is 0 Å². The lowest BCUT2D eigenvalue weighted by Crippen LogP contribution is -1.89. The zero-order valence-electron chi connectivity index (χ0n) is 19.9. The van der Waals surface area contributed by atoms with Crippen molar-refractivity contribution in [2.24, 2.45) is 0 Å². The van der Waals surface area contributed by atoms with E-state index < -0.39 is 0 Å². The Balaban J connectivity index is 1.58. The SMILES string of the molecule is c1ccc(-c2ccc3c(-c4cccc5ccccc45)c4cc(-c5ccccc5)ccc4cc3c2)cc1. The second-order valence-electron chi connectivity index (χ2n) is 9.38. The summed E-state index contributed by atoms with van der Waals surface area (Å²) in [5.41, 5.74) is 7.54. The summed E-state index contributed by atoms with van der Waals surface area (Å²) in [7, 11) is 0. The fraction of sp³-hybridized carbons (Fsp3) is 0. The van der Waals surface area contributed by atoms with Crippen molar-refractivity contribution < 1.29 is 0 Å². The van der Waals surface area contributed by atoms with E-state index in [-0.39, 0.29) is 0 Å². The highest BCUT2D eigenvalue weighted by atomic mass is 14.2. The Morgan fingerprint density at radius 2 is 0.917 bits per heavy atom. The summed E-state index contributed by atoms with van der Waals surface area (Å²) in [6.07, 6.45) is 0. The molecule has 0 bridgehead atoms. The van der Waals surface area contributed by atoms with Crippen molar-refractivity contribution in [2.45, 2.75) is 0 Å². The topological polar surface area (TPSA) is 0 Å². The third kappa shape index (κ3) is 3.47. The molecule has 7 aromatic rings. The summed E-state index contributed by atoms with van der Waals surface area (Å²) in [5.74, 6) is 0. The summed E-state index contributed by atoms with van der Waals surface area (Å²) in [6.45, 7) is 0. The average Bonchev–Trinajstić information content (AvgIpc) is 2.96. The van der Waals surface area contributed by atoms with Crippen molar-refractivity contribution in [3.05, 3.63) is 146 Å². The van der Waals surface area contributed by atoms with Gasteiger partial charge in [0.1, 0.15) is 0 Å². The van der Waals surface area contributed by atoms with E-state index in [1.54, 1.807) is 0 Å². The normalized spacial score (nSPS) is 11.3. The molecule has 0 atom stereocenters. The summed E-state index contributed by atoms with van der Waals surface area (Å²) in [6, 6.07) is 52.8. The highest BCUT2D eigenvalue weighted by molar-refractivity contribution is 6.17. The monoisotopic (exact) mass is 456 g/mol. The van der Waals surface area contributed by atoms with E-state index in [1.807, 2.05) is 0 Å². The van der Waals surface area contributed by atoms with Gasteiger partial charge in [0, 0.05) is 0 Å². The molecule has 168 valence electrons. The van der Waals surface area contributed by atoms with Crippen molar-refractivity contribution in [1.29, 1.82) is 0 Å². The van der Waals surface area contributed by atoms with Crippen LogP contribution in [0.2, 0.25) is 0 Å². The smallest absolute Gasteiger partial charge is 0.00204 e. The van der Waals surface area contributed by atoms with Gasteiger partial charge in [-0.1, -0.05) is 127 Å². The number of fused-ring (bicyclic) bond motifs is 3. The molecule has 0 fully saturated rings. The molecule has 0 aliphatic heterocycles. The Morgan fingerprint density at radius 3 is 1.69 bits per heavy atom. The minimum absolute atomic E-state index is 1.24. The Kier molecular flexibility index (Phi) is 4.89. The van der Waals surface area contributed by atoms with Crippen LogP contribution >= 0.6 is 0 Å². The van der Waals surface area contributed by atoms with Crippen LogP contribution in [0, 0.1) is 0 Å². The first-order chi connectivity index (χ1) is 17.8. The van der Waals surface area contributed by atoms with Gasteiger partial charge in [0.2, 0.25) is 0 Å². The first kappa shape index (κ1) is 20.7. The van der Waals surface area contributed by atoms with Gasteiger partial charge in [-0.3, -0.25) is 0 Å². The summed E-state index contributed by atoms with van der Waals surface area (Å²) < 4.78 is 0. The zero-order chi connectivity index (χ0) is 23.9. The fourth-order valence-electron chi connectivity index (χ4n) is 5.47. The molecule has 0 aromatic heterocycles. The molecule has 0 spiro atoms. The van der Waals surface area contributed by atoms with Gasteiger partial charge in [-0.05, 0) is 83.9 Å². The van der Waals surface area contributed by atoms with Crippen LogP contribution in [0.3, 0.4) is 0 Å². The first-order valence-corrected chi connectivity index (χ1v) is 12.4. The van der Waals surface area contributed by atoms with Gasteiger partial charge in [0.25, 0.3) is 0 Å². The van der Waals surface area contributed by atoms with Crippen LogP contribution in [0.15, 0.2) is 146 Å². The number of benzene rings is 7. The third-order valence-electron chi connectivity index (χ3n) is 7.23. The predicted molar refractivity (Wildman–Crippen MR) is 155 cm³/mol. The predicted octanol–water partition coefficient (Wildman–Crippen LogP) is 10.1. The molecular formula is C36H24. The molecule has 7 aromatic carbocycles. The minimum atomic E-state index is 1.24. The van der Waals surface area contributed by atoms with E-state index in [1.165, 1.54) is 65.7 Å². The molecule has 0 aliphatic rings. The third-order valence-corrected chi connectivity index (χ3v) is 7.23. The fourth-order valence-corrected chi connectivity index (χ4v) is 5.47. The second-order valence-corrected chi connectivity index (χ2v) is 9.38. The van der Waals surface area contributed by atoms with Crippen molar-refractivity contribution in [1.82, 2.24) is 0 Å². The van der Waals surface area contributed by atoms with Gasteiger partial charge in [0.15, 0.2) is 0 Å². The molecule has 0 amide bonds. The van der Waals surface area contributed by atoms with Crippen LogP contribution in [0.4, 0.5) is 0 Å².